The Hall–Kier alpha value is -3.54. The summed E-state index contributed by atoms with van der Waals surface area (Å²) in [4.78, 5) is 28.5. The molecule has 0 aliphatic heterocycles. The highest BCUT2D eigenvalue weighted by Gasteiger charge is 2.13. The number of para-hydroxylation sites is 1. The largest absolute Gasteiger partial charge is 0.352 e. The highest BCUT2D eigenvalue weighted by Crippen LogP contribution is 2.14. The third kappa shape index (κ3) is 4.98. The number of halogens is 1. The first kappa shape index (κ1) is 18.3. The number of amides is 2. The van der Waals surface area contributed by atoms with Gasteiger partial charge in [0.05, 0.1) is 16.8 Å². The molecule has 0 saturated heterocycles. The summed E-state index contributed by atoms with van der Waals surface area (Å²) in [6.45, 7) is 0.467. The predicted octanol–water partition coefficient (Wildman–Crippen LogP) is 3.45. The first-order valence-electron chi connectivity index (χ1n) is 8.46. The van der Waals surface area contributed by atoms with E-state index >= 15 is 0 Å². The molecule has 1 heterocycles. The molecular weight excluding hydrogens is 345 g/mol. The molecular formula is C21H18FN3O2. The maximum absolute atomic E-state index is 13.7. The van der Waals surface area contributed by atoms with Gasteiger partial charge in [-0.15, -0.1) is 0 Å². The number of anilines is 1. The van der Waals surface area contributed by atoms with E-state index in [1.807, 2.05) is 30.3 Å². The summed E-state index contributed by atoms with van der Waals surface area (Å²) in [5.41, 5.74) is 1.63. The minimum Gasteiger partial charge on any atom is -0.352 e. The fourth-order valence-electron chi connectivity index (χ4n) is 2.51. The summed E-state index contributed by atoms with van der Waals surface area (Å²) < 4.78 is 13.7. The van der Waals surface area contributed by atoms with Gasteiger partial charge in [0.2, 0.25) is 0 Å². The van der Waals surface area contributed by atoms with Crippen LogP contribution in [0, 0.1) is 5.82 Å². The van der Waals surface area contributed by atoms with Crippen molar-refractivity contribution >= 4 is 17.5 Å². The van der Waals surface area contributed by atoms with Crippen LogP contribution in [0.15, 0.2) is 73.1 Å². The topological polar surface area (TPSA) is 71.1 Å². The maximum atomic E-state index is 13.7. The molecule has 0 fully saturated rings. The van der Waals surface area contributed by atoms with Gasteiger partial charge in [-0.3, -0.25) is 14.6 Å². The van der Waals surface area contributed by atoms with Crippen LogP contribution in [0.5, 0.6) is 0 Å². The number of carbonyl (C=O) groups excluding carboxylic acids is 2. The number of benzene rings is 2. The van der Waals surface area contributed by atoms with Gasteiger partial charge in [-0.1, -0.05) is 42.5 Å². The van der Waals surface area contributed by atoms with Crippen molar-refractivity contribution in [1.82, 2.24) is 10.3 Å². The van der Waals surface area contributed by atoms with E-state index in [1.165, 1.54) is 36.7 Å². The van der Waals surface area contributed by atoms with Gasteiger partial charge in [0, 0.05) is 18.9 Å². The van der Waals surface area contributed by atoms with Gasteiger partial charge in [-0.25, -0.2) is 4.39 Å². The van der Waals surface area contributed by atoms with E-state index in [2.05, 4.69) is 15.6 Å². The molecule has 6 heteroatoms. The van der Waals surface area contributed by atoms with Crippen molar-refractivity contribution in [3.05, 3.63) is 95.6 Å². The zero-order valence-electron chi connectivity index (χ0n) is 14.5. The van der Waals surface area contributed by atoms with E-state index in [4.69, 9.17) is 0 Å². The number of hydrogen-bond acceptors (Lipinski definition) is 3. The summed E-state index contributed by atoms with van der Waals surface area (Å²) in [5.74, 6) is -1.39. The second-order valence-corrected chi connectivity index (χ2v) is 5.89. The monoisotopic (exact) mass is 363 g/mol. The summed E-state index contributed by atoms with van der Waals surface area (Å²) in [6.07, 6.45) is 3.42. The highest BCUT2D eigenvalue weighted by atomic mass is 19.1. The Morgan fingerprint density at radius 3 is 2.30 bits per heavy atom. The summed E-state index contributed by atoms with van der Waals surface area (Å²) >= 11 is 0. The second kappa shape index (κ2) is 8.71. The minimum absolute atomic E-state index is 0.0696. The Morgan fingerprint density at radius 2 is 1.56 bits per heavy atom. The molecule has 2 amide bonds. The molecule has 0 radical (unpaired) electrons. The van der Waals surface area contributed by atoms with Crippen LogP contribution in [0.25, 0.3) is 0 Å². The lowest BCUT2D eigenvalue weighted by atomic mass is 10.1. The Labute approximate surface area is 156 Å². The van der Waals surface area contributed by atoms with Gasteiger partial charge in [0.25, 0.3) is 11.8 Å². The molecule has 2 N–H and O–H groups in total. The van der Waals surface area contributed by atoms with Crippen LogP contribution in [-0.4, -0.2) is 23.3 Å². The van der Waals surface area contributed by atoms with E-state index in [-0.39, 0.29) is 22.7 Å². The van der Waals surface area contributed by atoms with Crippen molar-refractivity contribution in [1.29, 1.82) is 0 Å². The number of nitrogens with one attached hydrogen (secondary N) is 2. The Morgan fingerprint density at radius 1 is 0.889 bits per heavy atom. The van der Waals surface area contributed by atoms with E-state index < -0.39 is 11.7 Å². The summed E-state index contributed by atoms with van der Waals surface area (Å²) in [5, 5.41) is 5.27. The molecule has 1 aromatic heterocycles. The lowest BCUT2D eigenvalue weighted by Gasteiger charge is -2.08. The second-order valence-electron chi connectivity index (χ2n) is 5.89. The van der Waals surface area contributed by atoms with E-state index in [1.54, 1.807) is 6.07 Å². The minimum atomic E-state index is -0.536. The number of carbonyl (C=O) groups is 2. The summed E-state index contributed by atoms with van der Waals surface area (Å²) in [7, 11) is 0. The van der Waals surface area contributed by atoms with Gasteiger partial charge in [-0.2, -0.15) is 0 Å². The average Bonchev–Trinajstić information content (AvgIpc) is 2.70. The molecule has 0 atom stereocenters. The van der Waals surface area contributed by atoms with Crippen LogP contribution in [0.4, 0.5) is 10.1 Å². The molecule has 0 aliphatic carbocycles. The number of rotatable bonds is 6. The first-order valence-corrected chi connectivity index (χ1v) is 8.46. The first-order chi connectivity index (χ1) is 13.1. The van der Waals surface area contributed by atoms with E-state index in [0.717, 1.165) is 5.56 Å². The van der Waals surface area contributed by atoms with Crippen molar-refractivity contribution in [3.63, 3.8) is 0 Å². The third-order valence-electron chi connectivity index (χ3n) is 3.93. The number of pyridine rings is 1. The Bertz CT molecular complexity index is 945. The summed E-state index contributed by atoms with van der Waals surface area (Å²) in [6, 6.07) is 17.1. The zero-order chi connectivity index (χ0) is 19.1. The molecule has 0 saturated carbocycles. The number of aromatic nitrogens is 1. The Kier molecular flexibility index (Phi) is 5.89. The number of hydrogen-bond donors (Lipinski definition) is 2. The van der Waals surface area contributed by atoms with Crippen LogP contribution in [0.2, 0.25) is 0 Å². The van der Waals surface area contributed by atoms with Crippen molar-refractivity contribution in [2.45, 2.75) is 6.42 Å². The quantitative estimate of drug-likeness (QED) is 0.705. The fourth-order valence-corrected chi connectivity index (χ4v) is 2.51. The van der Waals surface area contributed by atoms with Gasteiger partial charge in [0.15, 0.2) is 0 Å². The molecule has 0 unspecified atom stereocenters. The standard InChI is InChI=1S/C21H18FN3O2/c22-18-8-4-5-9-19(18)25-21(27)17-12-16(13-23-14-17)20(26)24-11-10-15-6-2-1-3-7-15/h1-9,12-14H,10-11H2,(H,24,26)(H,25,27). The molecule has 3 aromatic rings. The van der Waals surface area contributed by atoms with Crippen LogP contribution >= 0.6 is 0 Å². The molecule has 27 heavy (non-hydrogen) atoms. The normalized spacial score (nSPS) is 10.3. The fraction of sp³-hybridized carbons (Fsp3) is 0.0952. The van der Waals surface area contributed by atoms with Crippen molar-refractivity contribution in [2.24, 2.45) is 0 Å². The molecule has 0 bridgehead atoms. The van der Waals surface area contributed by atoms with E-state index in [0.29, 0.717) is 13.0 Å². The van der Waals surface area contributed by atoms with Crippen LogP contribution < -0.4 is 10.6 Å². The van der Waals surface area contributed by atoms with Gasteiger partial charge in [-0.05, 0) is 30.2 Å². The lowest BCUT2D eigenvalue weighted by molar-refractivity contribution is 0.0953. The molecule has 2 aromatic carbocycles. The van der Waals surface area contributed by atoms with Crippen LogP contribution in [0.1, 0.15) is 26.3 Å². The Balaban J connectivity index is 1.61. The van der Waals surface area contributed by atoms with E-state index in [9.17, 15) is 14.0 Å². The number of nitrogens with zero attached hydrogens (tertiary/aromatic N) is 1. The average molecular weight is 363 g/mol. The predicted molar refractivity (Wildman–Crippen MR) is 101 cm³/mol. The zero-order valence-corrected chi connectivity index (χ0v) is 14.5. The lowest BCUT2D eigenvalue weighted by Crippen LogP contribution is -2.26. The van der Waals surface area contributed by atoms with Gasteiger partial charge < -0.3 is 10.6 Å². The van der Waals surface area contributed by atoms with Crippen LogP contribution in [0.3, 0.4) is 0 Å². The molecule has 3 rings (SSSR count). The van der Waals surface area contributed by atoms with Crippen molar-refractivity contribution in [2.75, 3.05) is 11.9 Å². The van der Waals surface area contributed by atoms with Crippen molar-refractivity contribution < 1.29 is 14.0 Å². The molecule has 136 valence electrons. The van der Waals surface area contributed by atoms with Gasteiger partial charge in [0.1, 0.15) is 5.82 Å². The SMILES string of the molecule is O=C(NCCc1ccccc1)c1cncc(C(=O)Nc2ccccc2F)c1. The maximum Gasteiger partial charge on any atom is 0.257 e. The third-order valence-corrected chi connectivity index (χ3v) is 3.93. The molecule has 0 aliphatic rings. The smallest absolute Gasteiger partial charge is 0.257 e. The molecule has 0 spiro atoms. The highest BCUT2D eigenvalue weighted by molar-refractivity contribution is 6.05. The van der Waals surface area contributed by atoms with Gasteiger partial charge >= 0.3 is 0 Å². The van der Waals surface area contributed by atoms with Crippen molar-refractivity contribution in [3.8, 4) is 0 Å². The molecule has 5 nitrogen and oxygen atoms in total. The van der Waals surface area contributed by atoms with Crippen LogP contribution in [-0.2, 0) is 6.42 Å².